The quantitative estimate of drug-likeness (QED) is 0.129. The minimum Gasteiger partial charge on any atom is -0.481 e. The SMILES string of the molecule is O=C(N[C@@H](Cc1ccccc1)P(=O)(O)[C@@H]1CCC[C@H]1C(=O)C[C@@H](Cc1c[nH]c2ccccc12)C(=O)O)OCc1ccccc1. The number of hydrogen-bond acceptors (Lipinski definition) is 5. The summed E-state index contributed by atoms with van der Waals surface area (Å²) in [6.45, 7) is -0.00198. The third-order valence-electron chi connectivity index (χ3n) is 8.52. The fourth-order valence-corrected chi connectivity index (χ4v) is 8.82. The third kappa shape index (κ3) is 7.47. The summed E-state index contributed by atoms with van der Waals surface area (Å²) in [4.78, 5) is 53.6. The highest BCUT2D eigenvalue weighted by Gasteiger charge is 2.49. The van der Waals surface area contributed by atoms with E-state index < -0.39 is 42.7 Å². The Hall–Kier alpha value is -4.20. The fourth-order valence-electron chi connectivity index (χ4n) is 6.21. The van der Waals surface area contributed by atoms with Gasteiger partial charge in [-0.3, -0.25) is 14.2 Å². The van der Waals surface area contributed by atoms with Gasteiger partial charge in [-0.2, -0.15) is 0 Å². The first-order valence-electron chi connectivity index (χ1n) is 14.9. The van der Waals surface area contributed by atoms with Gasteiger partial charge >= 0.3 is 12.1 Å². The van der Waals surface area contributed by atoms with Gasteiger partial charge in [0.05, 0.1) is 5.92 Å². The fraction of sp³-hybridized carbons (Fsp3) is 0.324. The lowest BCUT2D eigenvalue weighted by Gasteiger charge is -2.31. The molecule has 1 saturated carbocycles. The zero-order valence-electron chi connectivity index (χ0n) is 24.3. The summed E-state index contributed by atoms with van der Waals surface area (Å²) in [5.74, 6) is -4.37. The lowest BCUT2D eigenvalue weighted by atomic mass is 9.89. The number of aliphatic carboxylic acids is 1. The van der Waals surface area contributed by atoms with Crippen molar-refractivity contribution in [3.05, 3.63) is 108 Å². The largest absolute Gasteiger partial charge is 0.481 e. The number of alkyl carbamates (subject to hydrolysis) is 1. The van der Waals surface area contributed by atoms with E-state index in [1.165, 1.54) is 0 Å². The number of benzene rings is 3. The van der Waals surface area contributed by atoms with Crippen LogP contribution in [0.1, 0.15) is 42.4 Å². The molecule has 1 fully saturated rings. The molecule has 230 valence electrons. The van der Waals surface area contributed by atoms with Gasteiger partial charge in [-0.15, -0.1) is 0 Å². The molecule has 5 atom stereocenters. The summed E-state index contributed by atoms with van der Waals surface area (Å²) in [5, 5.41) is 13.6. The Labute approximate surface area is 256 Å². The van der Waals surface area contributed by atoms with Gasteiger partial charge in [-0.05, 0) is 42.0 Å². The lowest BCUT2D eigenvalue weighted by Crippen LogP contribution is -2.40. The Balaban J connectivity index is 1.31. The maximum atomic E-state index is 14.3. The van der Waals surface area contributed by atoms with Gasteiger partial charge in [0.1, 0.15) is 18.2 Å². The van der Waals surface area contributed by atoms with Crippen molar-refractivity contribution in [1.29, 1.82) is 0 Å². The summed E-state index contributed by atoms with van der Waals surface area (Å²) in [6.07, 6.45) is 2.21. The Kier molecular flexibility index (Phi) is 9.98. The second-order valence-electron chi connectivity index (χ2n) is 11.5. The van der Waals surface area contributed by atoms with Crippen LogP contribution in [0.25, 0.3) is 10.9 Å². The number of para-hydroxylation sites is 1. The molecule has 4 N–H and O–H groups in total. The molecule has 0 saturated heterocycles. The zero-order chi connectivity index (χ0) is 31.1. The first kappa shape index (κ1) is 31.2. The molecular weight excluding hydrogens is 579 g/mol. The topological polar surface area (TPSA) is 146 Å². The van der Waals surface area contributed by atoms with E-state index >= 15 is 0 Å². The van der Waals surface area contributed by atoms with Gasteiger partial charge in [0.15, 0.2) is 0 Å². The lowest BCUT2D eigenvalue weighted by molar-refractivity contribution is -0.144. The van der Waals surface area contributed by atoms with E-state index in [1.54, 1.807) is 6.20 Å². The van der Waals surface area contributed by atoms with Crippen LogP contribution in [0, 0.1) is 11.8 Å². The van der Waals surface area contributed by atoms with Gasteiger partial charge in [0, 0.05) is 41.5 Å². The van der Waals surface area contributed by atoms with E-state index in [0.717, 1.165) is 27.6 Å². The number of ether oxygens (including phenoxy) is 1. The molecule has 0 aliphatic heterocycles. The van der Waals surface area contributed by atoms with Crippen LogP contribution in [-0.4, -0.2) is 44.3 Å². The molecule has 4 aromatic rings. The van der Waals surface area contributed by atoms with Crippen LogP contribution in [0.3, 0.4) is 0 Å². The molecule has 0 spiro atoms. The van der Waals surface area contributed by atoms with Crippen molar-refractivity contribution in [3.8, 4) is 0 Å². The minimum atomic E-state index is -4.22. The second kappa shape index (κ2) is 14.1. The third-order valence-corrected chi connectivity index (χ3v) is 11.3. The Morgan fingerprint density at radius 1 is 0.909 bits per heavy atom. The summed E-state index contributed by atoms with van der Waals surface area (Å²) in [5.41, 5.74) is 2.31. The van der Waals surface area contributed by atoms with Gasteiger partial charge in [-0.1, -0.05) is 85.3 Å². The molecule has 1 heterocycles. The van der Waals surface area contributed by atoms with E-state index in [2.05, 4.69) is 10.3 Å². The van der Waals surface area contributed by atoms with Crippen molar-refractivity contribution >= 4 is 36.1 Å². The Morgan fingerprint density at radius 2 is 1.57 bits per heavy atom. The number of H-pyrrole nitrogens is 1. The number of aromatic nitrogens is 1. The number of nitrogens with one attached hydrogen (secondary N) is 2. The van der Waals surface area contributed by atoms with Crippen LogP contribution in [-0.2, 0) is 38.3 Å². The molecule has 3 aromatic carbocycles. The van der Waals surface area contributed by atoms with E-state index in [4.69, 9.17) is 4.74 Å². The number of carbonyl (C=O) groups excluding carboxylic acids is 2. The van der Waals surface area contributed by atoms with Crippen molar-refractivity contribution in [2.75, 3.05) is 0 Å². The van der Waals surface area contributed by atoms with Crippen LogP contribution < -0.4 is 5.32 Å². The summed E-state index contributed by atoms with van der Waals surface area (Å²) in [7, 11) is -4.22. The first-order chi connectivity index (χ1) is 21.2. The number of amides is 1. The van der Waals surface area contributed by atoms with Gasteiger partial charge in [-0.25, -0.2) is 4.79 Å². The number of rotatable bonds is 13. The molecule has 5 rings (SSSR count). The molecule has 44 heavy (non-hydrogen) atoms. The average molecular weight is 617 g/mol. The first-order valence-corrected chi connectivity index (χ1v) is 16.7. The number of carbonyl (C=O) groups is 3. The zero-order valence-corrected chi connectivity index (χ0v) is 25.2. The summed E-state index contributed by atoms with van der Waals surface area (Å²) in [6, 6.07) is 25.7. The molecule has 10 heteroatoms. The van der Waals surface area contributed by atoms with Crippen molar-refractivity contribution in [2.45, 2.75) is 56.6 Å². The van der Waals surface area contributed by atoms with Gasteiger partial charge in [0.2, 0.25) is 7.37 Å². The highest BCUT2D eigenvalue weighted by atomic mass is 31.2. The van der Waals surface area contributed by atoms with E-state index in [1.807, 2.05) is 84.9 Å². The number of carboxylic acid groups (broad SMARTS) is 1. The number of Topliss-reactive ketones (excluding diaryl/α,β-unsaturated/α-hetero) is 1. The molecule has 1 aliphatic carbocycles. The Bertz CT molecular complexity index is 1640. The molecule has 1 unspecified atom stereocenters. The van der Waals surface area contributed by atoms with Gasteiger partial charge < -0.3 is 25.0 Å². The summed E-state index contributed by atoms with van der Waals surface area (Å²) >= 11 is 0. The molecule has 1 aliphatic rings. The predicted molar refractivity (Wildman–Crippen MR) is 167 cm³/mol. The number of aromatic amines is 1. The minimum absolute atomic E-state index is 0.00198. The molecule has 0 radical (unpaired) electrons. The van der Waals surface area contributed by atoms with Crippen molar-refractivity contribution < 1.29 is 33.7 Å². The van der Waals surface area contributed by atoms with Crippen molar-refractivity contribution in [3.63, 3.8) is 0 Å². The molecule has 1 aromatic heterocycles. The normalized spacial score (nSPS) is 19.1. The number of fused-ring (bicyclic) bond motifs is 1. The van der Waals surface area contributed by atoms with Gasteiger partial charge in [0.25, 0.3) is 0 Å². The highest BCUT2D eigenvalue weighted by Crippen LogP contribution is 2.59. The Morgan fingerprint density at radius 3 is 2.27 bits per heavy atom. The van der Waals surface area contributed by atoms with Crippen LogP contribution in [0.5, 0.6) is 0 Å². The van der Waals surface area contributed by atoms with Crippen molar-refractivity contribution in [2.24, 2.45) is 11.8 Å². The van der Waals surface area contributed by atoms with Crippen LogP contribution in [0.15, 0.2) is 91.1 Å². The van der Waals surface area contributed by atoms with E-state index in [9.17, 15) is 28.9 Å². The van der Waals surface area contributed by atoms with Crippen molar-refractivity contribution in [1.82, 2.24) is 10.3 Å². The maximum Gasteiger partial charge on any atom is 0.408 e. The number of ketones is 1. The van der Waals surface area contributed by atoms with Crippen LogP contribution in [0.4, 0.5) is 4.79 Å². The molecular formula is C34H37N2O7P. The maximum absolute atomic E-state index is 14.3. The highest BCUT2D eigenvalue weighted by molar-refractivity contribution is 7.59. The monoisotopic (exact) mass is 616 g/mol. The molecule has 9 nitrogen and oxygen atoms in total. The average Bonchev–Trinajstić information content (AvgIpc) is 3.69. The second-order valence-corrected chi connectivity index (χ2v) is 14.1. The molecule has 1 amide bonds. The predicted octanol–water partition coefficient (Wildman–Crippen LogP) is 6.30. The number of hydrogen-bond donors (Lipinski definition) is 4. The number of carboxylic acids is 1. The van der Waals surface area contributed by atoms with Crippen LogP contribution >= 0.6 is 7.37 Å². The molecule has 0 bridgehead atoms. The van der Waals surface area contributed by atoms with E-state index in [-0.39, 0.29) is 31.7 Å². The smallest absolute Gasteiger partial charge is 0.408 e. The van der Waals surface area contributed by atoms with Crippen LogP contribution in [0.2, 0.25) is 0 Å². The summed E-state index contributed by atoms with van der Waals surface area (Å²) < 4.78 is 19.7. The van der Waals surface area contributed by atoms with E-state index in [0.29, 0.717) is 19.3 Å². The standard InChI is InChI=1S/C34H37N2O7P/c37-30(20-25(33(38)39)19-26-21-35-29-16-8-7-14-27(26)29)28-15-9-17-31(28)44(41,42)32(18-23-10-3-1-4-11-23)36-34(40)43-22-24-12-5-2-6-13-24/h1-8,10-14,16,21,25,28,31-32,35H,9,15,17-20,22H2,(H,36,40)(H,38,39)(H,41,42)/t25-,28+,31-,32-/m1/s1.